The molecule has 2 aromatic rings. The van der Waals surface area contributed by atoms with Gasteiger partial charge in [-0.3, -0.25) is 4.79 Å². The molecule has 4 N–H and O–H groups in total. The third-order valence-corrected chi connectivity index (χ3v) is 3.76. The third kappa shape index (κ3) is 3.51. The lowest BCUT2D eigenvalue weighted by molar-refractivity contribution is 0.0950. The Kier molecular flexibility index (Phi) is 4.78. The van der Waals surface area contributed by atoms with E-state index in [4.69, 9.17) is 15.7 Å². The minimum absolute atomic E-state index is 0.0851. The van der Waals surface area contributed by atoms with Crippen LogP contribution in [0.1, 0.15) is 21.3 Å². The molecule has 0 bridgehead atoms. The fourth-order valence-corrected chi connectivity index (χ4v) is 2.54. The fourth-order valence-electron chi connectivity index (χ4n) is 1.78. The average Bonchev–Trinajstić information content (AvgIpc) is 3.01. The van der Waals surface area contributed by atoms with Crippen molar-refractivity contribution in [1.29, 1.82) is 0 Å². The maximum Gasteiger partial charge on any atom is 0.262 e. The predicted molar refractivity (Wildman–Crippen MR) is 80.9 cm³/mol. The number of methoxy groups -OCH3 is 1. The first-order valence-electron chi connectivity index (χ1n) is 6.11. The molecule has 1 aromatic carbocycles. The van der Waals surface area contributed by atoms with Crippen LogP contribution in [-0.4, -0.2) is 24.1 Å². The second-order valence-corrected chi connectivity index (χ2v) is 5.10. The van der Waals surface area contributed by atoms with Gasteiger partial charge >= 0.3 is 0 Å². The summed E-state index contributed by atoms with van der Waals surface area (Å²) >= 11 is 1.26. The van der Waals surface area contributed by atoms with Gasteiger partial charge in [0.1, 0.15) is 11.8 Å². The van der Waals surface area contributed by atoms with Gasteiger partial charge < -0.3 is 21.0 Å². The monoisotopic (exact) mass is 305 g/mol. The molecular formula is C14H15N3O3S. The van der Waals surface area contributed by atoms with Crippen molar-refractivity contribution in [1.82, 2.24) is 5.32 Å². The van der Waals surface area contributed by atoms with Gasteiger partial charge in [-0.2, -0.15) is 0 Å². The number of carbonyl (C=O) groups is 1. The fraction of sp³-hybridized carbons (Fsp3) is 0.143. The average molecular weight is 305 g/mol. The van der Waals surface area contributed by atoms with Crippen molar-refractivity contribution >= 4 is 23.1 Å². The van der Waals surface area contributed by atoms with E-state index in [1.165, 1.54) is 18.4 Å². The van der Waals surface area contributed by atoms with Crippen LogP contribution in [0.3, 0.4) is 0 Å². The highest BCUT2D eigenvalue weighted by molar-refractivity contribution is 7.12. The van der Waals surface area contributed by atoms with E-state index in [-0.39, 0.29) is 11.7 Å². The summed E-state index contributed by atoms with van der Waals surface area (Å²) in [5.74, 6) is 0.215. The standard InChI is InChI=1S/C14H15N3O3S/c1-20-10-7-11(21-8-10)14(18)16-12(13(15)17-19)9-5-3-2-4-6-9/h2-8,12,19H,1H3,(H2,15,17)(H,16,18). The molecule has 1 heterocycles. The summed E-state index contributed by atoms with van der Waals surface area (Å²) in [6, 6.07) is 9.99. The molecule has 110 valence electrons. The van der Waals surface area contributed by atoms with E-state index in [1.807, 2.05) is 18.2 Å². The molecule has 0 aliphatic carbocycles. The smallest absolute Gasteiger partial charge is 0.262 e. The quantitative estimate of drug-likeness (QED) is 0.340. The summed E-state index contributed by atoms with van der Waals surface area (Å²) in [6.45, 7) is 0. The third-order valence-electron chi connectivity index (χ3n) is 2.85. The minimum Gasteiger partial charge on any atom is -0.496 e. The van der Waals surface area contributed by atoms with Crippen LogP contribution >= 0.6 is 11.3 Å². The van der Waals surface area contributed by atoms with Gasteiger partial charge in [-0.25, -0.2) is 0 Å². The van der Waals surface area contributed by atoms with Crippen LogP contribution in [0.4, 0.5) is 0 Å². The van der Waals surface area contributed by atoms with E-state index in [0.29, 0.717) is 10.6 Å². The molecule has 0 radical (unpaired) electrons. The van der Waals surface area contributed by atoms with Gasteiger partial charge in [0.15, 0.2) is 5.84 Å². The number of nitrogens with one attached hydrogen (secondary N) is 1. The lowest BCUT2D eigenvalue weighted by atomic mass is 10.1. The number of rotatable bonds is 5. The van der Waals surface area contributed by atoms with E-state index in [1.54, 1.807) is 23.6 Å². The first kappa shape index (κ1) is 14.9. The molecule has 0 saturated heterocycles. The topological polar surface area (TPSA) is 96.9 Å². The van der Waals surface area contributed by atoms with Crippen LogP contribution in [0.5, 0.6) is 5.75 Å². The van der Waals surface area contributed by atoms with Crippen molar-refractivity contribution in [2.24, 2.45) is 10.9 Å². The number of amides is 1. The summed E-state index contributed by atoms with van der Waals surface area (Å²) in [5, 5.41) is 16.3. The van der Waals surface area contributed by atoms with E-state index in [2.05, 4.69) is 10.5 Å². The van der Waals surface area contributed by atoms with Crippen LogP contribution in [0.25, 0.3) is 0 Å². The number of hydrogen-bond acceptors (Lipinski definition) is 5. The number of ether oxygens (including phenoxy) is 1. The van der Waals surface area contributed by atoms with E-state index in [0.717, 1.165) is 5.56 Å². The van der Waals surface area contributed by atoms with Crippen LogP contribution in [0.2, 0.25) is 0 Å². The maximum atomic E-state index is 12.2. The Balaban J connectivity index is 2.21. The van der Waals surface area contributed by atoms with Gasteiger partial charge in [0.2, 0.25) is 0 Å². The summed E-state index contributed by atoms with van der Waals surface area (Å²) in [4.78, 5) is 12.7. The Morgan fingerprint density at radius 2 is 2.14 bits per heavy atom. The van der Waals surface area contributed by atoms with Gasteiger partial charge in [-0.05, 0) is 5.56 Å². The Hall–Kier alpha value is -2.54. The molecule has 1 unspecified atom stereocenters. The number of oxime groups is 1. The molecule has 0 aliphatic heterocycles. The zero-order chi connectivity index (χ0) is 15.2. The SMILES string of the molecule is COc1csc(C(=O)NC(/C(N)=N/O)c2ccccc2)c1. The van der Waals surface area contributed by atoms with Crippen LogP contribution in [0.15, 0.2) is 46.9 Å². The molecule has 1 aromatic heterocycles. The molecule has 0 aliphatic rings. The molecule has 0 saturated carbocycles. The number of amidine groups is 1. The Bertz CT molecular complexity index is 640. The summed E-state index contributed by atoms with van der Waals surface area (Å²) in [6.07, 6.45) is 0. The normalized spacial score (nSPS) is 12.7. The molecule has 7 heteroatoms. The molecule has 2 rings (SSSR count). The summed E-state index contributed by atoms with van der Waals surface area (Å²) in [5.41, 5.74) is 6.40. The predicted octanol–water partition coefficient (Wildman–Crippen LogP) is 1.97. The molecular weight excluding hydrogens is 290 g/mol. The van der Waals surface area contributed by atoms with Gasteiger partial charge in [-0.1, -0.05) is 35.5 Å². The summed E-state index contributed by atoms with van der Waals surface area (Å²) in [7, 11) is 1.53. The van der Waals surface area contributed by atoms with Crippen molar-refractivity contribution in [2.45, 2.75) is 6.04 Å². The lowest BCUT2D eigenvalue weighted by Crippen LogP contribution is -2.37. The molecule has 1 atom stereocenters. The maximum absolute atomic E-state index is 12.2. The van der Waals surface area contributed by atoms with Crippen molar-refractivity contribution < 1.29 is 14.7 Å². The highest BCUT2D eigenvalue weighted by Crippen LogP contribution is 2.22. The first-order valence-corrected chi connectivity index (χ1v) is 6.99. The van der Waals surface area contributed by atoms with E-state index >= 15 is 0 Å². The van der Waals surface area contributed by atoms with E-state index < -0.39 is 6.04 Å². The van der Waals surface area contributed by atoms with Crippen molar-refractivity contribution in [3.63, 3.8) is 0 Å². The molecule has 21 heavy (non-hydrogen) atoms. The van der Waals surface area contributed by atoms with Crippen LogP contribution in [0, 0.1) is 0 Å². The molecule has 0 spiro atoms. The first-order chi connectivity index (χ1) is 10.2. The highest BCUT2D eigenvalue weighted by atomic mass is 32.1. The van der Waals surface area contributed by atoms with Gasteiger partial charge in [-0.15, -0.1) is 11.3 Å². The lowest BCUT2D eigenvalue weighted by Gasteiger charge is -2.17. The number of carbonyl (C=O) groups excluding carboxylic acids is 1. The van der Waals surface area contributed by atoms with Crippen molar-refractivity contribution in [3.05, 3.63) is 52.2 Å². The Morgan fingerprint density at radius 1 is 1.43 bits per heavy atom. The van der Waals surface area contributed by atoms with Crippen molar-refractivity contribution in [2.75, 3.05) is 7.11 Å². The second kappa shape index (κ2) is 6.76. The largest absolute Gasteiger partial charge is 0.496 e. The minimum atomic E-state index is -0.697. The van der Waals surface area contributed by atoms with Crippen LogP contribution in [-0.2, 0) is 0 Å². The van der Waals surface area contributed by atoms with Crippen LogP contribution < -0.4 is 15.8 Å². The van der Waals surface area contributed by atoms with Crippen molar-refractivity contribution in [3.8, 4) is 5.75 Å². The molecule has 0 fully saturated rings. The van der Waals surface area contributed by atoms with Gasteiger partial charge in [0.05, 0.1) is 12.0 Å². The zero-order valence-electron chi connectivity index (χ0n) is 11.3. The molecule has 1 amide bonds. The molecule has 6 nitrogen and oxygen atoms in total. The zero-order valence-corrected chi connectivity index (χ0v) is 12.1. The Morgan fingerprint density at radius 3 is 2.71 bits per heavy atom. The number of hydrogen-bond donors (Lipinski definition) is 3. The highest BCUT2D eigenvalue weighted by Gasteiger charge is 2.20. The van der Waals surface area contributed by atoms with E-state index in [9.17, 15) is 4.79 Å². The second-order valence-electron chi connectivity index (χ2n) is 4.19. The number of nitrogens with zero attached hydrogens (tertiary/aromatic N) is 1. The number of benzene rings is 1. The van der Waals surface area contributed by atoms with Gasteiger partial charge in [0.25, 0.3) is 5.91 Å². The van der Waals surface area contributed by atoms with Gasteiger partial charge in [0, 0.05) is 11.4 Å². The number of nitrogens with two attached hydrogens (primary N) is 1. The number of thiophene rings is 1. The summed E-state index contributed by atoms with van der Waals surface area (Å²) < 4.78 is 5.05. The Labute approximate surface area is 125 Å².